The molecule has 0 atom stereocenters. The van der Waals surface area contributed by atoms with Gasteiger partial charge in [0.2, 0.25) is 5.91 Å². The molecule has 0 radical (unpaired) electrons. The predicted octanol–water partition coefficient (Wildman–Crippen LogP) is 2.27. The molecule has 0 aliphatic heterocycles. The maximum atomic E-state index is 12.4. The molecular weight excluding hydrogens is 268 g/mol. The van der Waals surface area contributed by atoms with Crippen molar-refractivity contribution in [2.24, 2.45) is 0 Å². The first kappa shape index (κ1) is 15.1. The smallest absolute Gasteiger partial charge is 0.323 e. The maximum Gasteiger partial charge on any atom is 0.323 e. The number of amides is 1. The number of aromatic nitrogens is 1. The number of carboxylic acid groups (broad SMARTS) is 1. The van der Waals surface area contributed by atoms with Gasteiger partial charge in [-0.3, -0.25) is 9.59 Å². The van der Waals surface area contributed by atoms with Gasteiger partial charge in [-0.15, -0.1) is 0 Å². The number of carboxylic acids is 1. The van der Waals surface area contributed by atoms with Gasteiger partial charge in [-0.25, -0.2) is 0 Å². The zero-order chi connectivity index (χ0) is 15.4. The summed E-state index contributed by atoms with van der Waals surface area (Å²) in [7, 11) is 0. The van der Waals surface area contributed by atoms with Crippen LogP contribution >= 0.6 is 0 Å². The van der Waals surface area contributed by atoms with Crippen LogP contribution in [0.4, 0.5) is 0 Å². The summed E-state index contributed by atoms with van der Waals surface area (Å²) in [6, 6.07) is 9.90. The highest BCUT2D eigenvalue weighted by Gasteiger charge is 2.17. The Labute approximate surface area is 123 Å². The Bertz CT molecular complexity index is 661. The Hall–Kier alpha value is -2.30. The van der Waals surface area contributed by atoms with Crippen LogP contribution in [0, 0.1) is 6.92 Å². The molecule has 0 unspecified atom stereocenters. The Morgan fingerprint density at radius 1 is 1.29 bits per heavy atom. The first-order chi connectivity index (χ1) is 10.0. The summed E-state index contributed by atoms with van der Waals surface area (Å²) >= 11 is 0. The monoisotopic (exact) mass is 288 g/mol. The van der Waals surface area contributed by atoms with E-state index in [1.165, 1.54) is 4.90 Å². The van der Waals surface area contributed by atoms with Gasteiger partial charge in [0, 0.05) is 17.8 Å². The van der Waals surface area contributed by atoms with Crippen LogP contribution in [0.15, 0.2) is 30.3 Å². The number of aliphatic carboxylic acids is 1. The number of hydrogen-bond acceptors (Lipinski definition) is 2. The van der Waals surface area contributed by atoms with Crippen LogP contribution in [-0.2, 0) is 16.1 Å². The number of rotatable bonds is 6. The molecular formula is C16H20N2O3. The van der Waals surface area contributed by atoms with Gasteiger partial charge < -0.3 is 14.6 Å². The molecule has 5 heteroatoms. The first-order valence-electron chi connectivity index (χ1n) is 7.07. The van der Waals surface area contributed by atoms with Crippen LogP contribution in [-0.4, -0.2) is 39.5 Å². The zero-order valence-corrected chi connectivity index (χ0v) is 12.4. The Morgan fingerprint density at radius 3 is 2.67 bits per heavy atom. The zero-order valence-electron chi connectivity index (χ0n) is 12.4. The molecule has 0 aliphatic rings. The number of fused-ring (bicyclic) bond motifs is 1. The van der Waals surface area contributed by atoms with Crippen LogP contribution in [0.1, 0.15) is 19.0 Å². The number of para-hydroxylation sites is 1. The van der Waals surface area contributed by atoms with Gasteiger partial charge in [0.1, 0.15) is 13.1 Å². The number of hydrogen-bond donors (Lipinski definition) is 1. The molecule has 1 heterocycles. The van der Waals surface area contributed by atoms with Crippen molar-refractivity contribution in [3.8, 4) is 0 Å². The summed E-state index contributed by atoms with van der Waals surface area (Å²) in [6.07, 6.45) is 0.741. The predicted molar refractivity (Wildman–Crippen MR) is 81.2 cm³/mol. The number of benzene rings is 1. The van der Waals surface area contributed by atoms with Gasteiger partial charge in [-0.2, -0.15) is 0 Å². The van der Waals surface area contributed by atoms with Crippen molar-refractivity contribution >= 4 is 22.8 Å². The molecule has 0 bridgehead atoms. The van der Waals surface area contributed by atoms with Crippen LogP contribution in [0.25, 0.3) is 10.9 Å². The number of carbonyl (C=O) groups is 2. The Morgan fingerprint density at radius 2 is 2.00 bits per heavy atom. The summed E-state index contributed by atoms with van der Waals surface area (Å²) < 4.78 is 1.93. The molecule has 1 amide bonds. The third kappa shape index (κ3) is 3.42. The van der Waals surface area contributed by atoms with E-state index in [4.69, 9.17) is 5.11 Å². The Kier molecular flexibility index (Phi) is 4.62. The summed E-state index contributed by atoms with van der Waals surface area (Å²) in [5.74, 6) is -1.14. The van der Waals surface area contributed by atoms with Crippen molar-refractivity contribution in [3.05, 3.63) is 36.0 Å². The molecule has 0 spiro atoms. The average Bonchev–Trinajstić information content (AvgIpc) is 2.74. The molecule has 0 saturated heterocycles. The molecule has 2 rings (SSSR count). The molecule has 2 aromatic rings. The van der Waals surface area contributed by atoms with E-state index in [0.29, 0.717) is 6.54 Å². The van der Waals surface area contributed by atoms with E-state index in [0.717, 1.165) is 23.0 Å². The molecule has 1 aromatic carbocycles. The highest BCUT2D eigenvalue weighted by atomic mass is 16.4. The lowest BCUT2D eigenvalue weighted by molar-refractivity contribution is -0.144. The third-order valence-electron chi connectivity index (χ3n) is 3.48. The van der Waals surface area contributed by atoms with Crippen molar-refractivity contribution in [1.82, 2.24) is 9.47 Å². The Balaban J connectivity index is 2.23. The standard InChI is InChI=1S/C16H20N2O3/c1-3-8-17(11-16(20)21)15(19)10-18-12(2)9-13-6-4-5-7-14(13)18/h4-7,9H,3,8,10-11H2,1-2H3,(H,20,21). The van der Waals surface area contributed by atoms with Crippen molar-refractivity contribution in [2.45, 2.75) is 26.8 Å². The minimum absolute atomic E-state index is 0.163. The molecule has 0 aliphatic carbocycles. The molecule has 5 nitrogen and oxygen atoms in total. The second-order valence-electron chi connectivity index (χ2n) is 5.14. The van der Waals surface area contributed by atoms with Gasteiger partial charge >= 0.3 is 5.97 Å². The molecule has 21 heavy (non-hydrogen) atoms. The van der Waals surface area contributed by atoms with Gasteiger partial charge in [-0.05, 0) is 30.9 Å². The summed E-state index contributed by atoms with van der Waals surface area (Å²) in [5.41, 5.74) is 1.99. The van der Waals surface area contributed by atoms with E-state index in [1.807, 2.05) is 48.7 Å². The number of nitrogens with zero attached hydrogens (tertiary/aromatic N) is 2. The minimum atomic E-state index is -0.981. The van der Waals surface area contributed by atoms with Gasteiger partial charge in [0.15, 0.2) is 0 Å². The summed E-state index contributed by atoms with van der Waals surface area (Å²) in [6.45, 7) is 4.27. The van der Waals surface area contributed by atoms with Crippen LogP contribution in [0.5, 0.6) is 0 Å². The van der Waals surface area contributed by atoms with Crippen LogP contribution in [0.2, 0.25) is 0 Å². The number of carbonyl (C=O) groups excluding carboxylic acids is 1. The summed E-state index contributed by atoms with van der Waals surface area (Å²) in [5, 5.41) is 10.00. The average molecular weight is 288 g/mol. The van der Waals surface area contributed by atoms with Gasteiger partial charge in [0.25, 0.3) is 0 Å². The fraction of sp³-hybridized carbons (Fsp3) is 0.375. The third-order valence-corrected chi connectivity index (χ3v) is 3.48. The highest BCUT2D eigenvalue weighted by Crippen LogP contribution is 2.19. The van der Waals surface area contributed by atoms with Crippen molar-refractivity contribution < 1.29 is 14.7 Å². The fourth-order valence-corrected chi connectivity index (χ4v) is 2.52. The van der Waals surface area contributed by atoms with Crippen molar-refractivity contribution in [1.29, 1.82) is 0 Å². The van der Waals surface area contributed by atoms with E-state index in [1.54, 1.807) is 0 Å². The normalized spacial score (nSPS) is 10.8. The fourth-order valence-electron chi connectivity index (χ4n) is 2.52. The topological polar surface area (TPSA) is 62.5 Å². The van der Waals surface area contributed by atoms with E-state index in [9.17, 15) is 9.59 Å². The van der Waals surface area contributed by atoms with Crippen molar-refractivity contribution in [2.75, 3.05) is 13.1 Å². The molecule has 112 valence electrons. The minimum Gasteiger partial charge on any atom is -0.480 e. The quantitative estimate of drug-likeness (QED) is 0.887. The molecule has 0 fully saturated rings. The largest absolute Gasteiger partial charge is 0.480 e. The van der Waals surface area contributed by atoms with E-state index in [-0.39, 0.29) is 19.0 Å². The maximum absolute atomic E-state index is 12.4. The SMILES string of the molecule is CCCN(CC(=O)O)C(=O)Cn1c(C)cc2ccccc21. The first-order valence-corrected chi connectivity index (χ1v) is 7.07. The lowest BCUT2D eigenvalue weighted by atomic mass is 10.2. The second-order valence-corrected chi connectivity index (χ2v) is 5.14. The van der Waals surface area contributed by atoms with Crippen molar-refractivity contribution in [3.63, 3.8) is 0 Å². The van der Waals surface area contributed by atoms with Gasteiger partial charge in [-0.1, -0.05) is 25.1 Å². The van der Waals surface area contributed by atoms with E-state index >= 15 is 0 Å². The van der Waals surface area contributed by atoms with Crippen LogP contribution in [0.3, 0.4) is 0 Å². The summed E-state index contributed by atoms with van der Waals surface area (Å²) in [4.78, 5) is 24.6. The van der Waals surface area contributed by atoms with E-state index in [2.05, 4.69) is 0 Å². The highest BCUT2D eigenvalue weighted by molar-refractivity contribution is 5.85. The lowest BCUT2D eigenvalue weighted by Gasteiger charge is -2.21. The number of aryl methyl sites for hydroxylation is 1. The van der Waals surface area contributed by atoms with Crippen LogP contribution < -0.4 is 0 Å². The lowest BCUT2D eigenvalue weighted by Crippen LogP contribution is -2.38. The van der Waals surface area contributed by atoms with Gasteiger partial charge in [0.05, 0.1) is 0 Å². The van der Waals surface area contributed by atoms with E-state index < -0.39 is 5.97 Å². The molecule has 1 aromatic heterocycles. The molecule has 1 N–H and O–H groups in total. The second kappa shape index (κ2) is 6.43. The molecule has 0 saturated carbocycles.